The third-order valence-corrected chi connectivity index (χ3v) is 3.25. The number of hydrogen-bond acceptors (Lipinski definition) is 4. The predicted octanol–water partition coefficient (Wildman–Crippen LogP) is 2.14. The Morgan fingerprint density at radius 3 is 2.79 bits per heavy atom. The van der Waals surface area contributed by atoms with Crippen molar-refractivity contribution >= 4 is 5.82 Å². The molecule has 106 valence electrons. The van der Waals surface area contributed by atoms with E-state index in [9.17, 15) is 13.2 Å². The van der Waals surface area contributed by atoms with Gasteiger partial charge in [-0.25, -0.2) is 9.97 Å². The first-order valence-electron chi connectivity index (χ1n) is 6.23. The smallest absolute Gasteiger partial charge is 0.384 e. The summed E-state index contributed by atoms with van der Waals surface area (Å²) in [7, 11) is 0. The van der Waals surface area contributed by atoms with Gasteiger partial charge in [-0.05, 0) is 26.3 Å². The van der Waals surface area contributed by atoms with Gasteiger partial charge in [-0.2, -0.15) is 13.2 Å². The lowest BCUT2D eigenvalue weighted by molar-refractivity contribution is -0.187. The third-order valence-electron chi connectivity index (χ3n) is 3.25. The zero-order valence-electron chi connectivity index (χ0n) is 10.7. The normalized spacial score (nSPS) is 21.6. The second-order valence-electron chi connectivity index (χ2n) is 4.97. The van der Waals surface area contributed by atoms with Gasteiger partial charge in [-0.3, -0.25) is 4.90 Å². The third kappa shape index (κ3) is 3.79. The molecule has 4 nitrogen and oxygen atoms in total. The summed E-state index contributed by atoms with van der Waals surface area (Å²) in [4.78, 5) is 10.0. The maximum absolute atomic E-state index is 12.7. The minimum absolute atomic E-state index is 0.0146. The molecule has 19 heavy (non-hydrogen) atoms. The number of alkyl halides is 3. The van der Waals surface area contributed by atoms with Crippen LogP contribution in [-0.2, 0) is 6.54 Å². The molecule has 1 atom stereocenters. The molecule has 1 aliphatic heterocycles. The van der Waals surface area contributed by atoms with Gasteiger partial charge in [0.25, 0.3) is 0 Å². The van der Waals surface area contributed by atoms with E-state index in [2.05, 4.69) is 9.97 Å². The summed E-state index contributed by atoms with van der Waals surface area (Å²) in [5, 5.41) is 0. The quantitative estimate of drug-likeness (QED) is 0.897. The number of nitrogen functional groups attached to an aromatic ring is 1. The molecule has 7 heteroatoms. The molecule has 1 aromatic rings. The van der Waals surface area contributed by atoms with Crippen LogP contribution in [0.1, 0.15) is 24.4 Å². The number of likely N-dealkylation sites (tertiary alicyclic amines) is 1. The van der Waals surface area contributed by atoms with Crippen molar-refractivity contribution < 1.29 is 13.2 Å². The Labute approximate surface area is 109 Å². The molecule has 0 aliphatic carbocycles. The zero-order chi connectivity index (χ0) is 14.0. The molecule has 0 bridgehead atoms. The highest BCUT2D eigenvalue weighted by atomic mass is 19.4. The second kappa shape index (κ2) is 5.32. The van der Waals surface area contributed by atoms with Crippen LogP contribution in [0.5, 0.6) is 0 Å². The Morgan fingerprint density at radius 1 is 1.42 bits per heavy atom. The summed E-state index contributed by atoms with van der Waals surface area (Å²) < 4.78 is 38.1. The van der Waals surface area contributed by atoms with Crippen molar-refractivity contribution in [3.8, 4) is 0 Å². The first kappa shape index (κ1) is 14.0. The van der Waals surface area contributed by atoms with Crippen LogP contribution in [0.2, 0.25) is 0 Å². The van der Waals surface area contributed by atoms with Crippen molar-refractivity contribution in [1.82, 2.24) is 14.9 Å². The van der Waals surface area contributed by atoms with Crippen LogP contribution >= 0.6 is 0 Å². The SMILES string of the molecule is Cc1cc(N)nc(CN2CCCC(C(F)(F)F)C2)n1. The summed E-state index contributed by atoms with van der Waals surface area (Å²) in [5.41, 5.74) is 6.34. The standard InChI is InChI=1S/C12H17F3N4/c1-8-5-10(16)18-11(17-8)7-19-4-2-3-9(6-19)12(13,14)15/h5,9H,2-4,6-7H2,1H3,(H2,16,17,18). The van der Waals surface area contributed by atoms with Crippen molar-refractivity contribution in [3.63, 3.8) is 0 Å². The topological polar surface area (TPSA) is 55.0 Å². The Hall–Kier alpha value is -1.37. The molecular weight excluding hydrogens is 257 g/mol. The number of hydrogen-bond donors (Lipinski definition) is 1. The van der Waals surface area contributed by atoms with E-state index in [1.807, 2.05) is 0 Å². The van der Waals surface area contributed by atoms with Gasteiger partial charge in [0.05, 0.1) is 12.5 Å². The highest BCUT2D eigenvalue weighted by Crippen LogP contribution is 2.33. The van der Waals surface area contributed by atoms with Gasteiger partial charge in [0.1, 0.15) is 11.6 Å². The Balaban J connectivity index is 2.02. The van der Waals surface area contributed by atoms with E-state index in [0.29, 0.717) is 31.2 Å². The van der Waals surface area contributed by atoms with Gasteiger partial charge in [0.15, 0.2) is 0 Å². The lowest BCUT2D eigenvalue weighted by atomic mass is 9.97. The first-order valence-corrected chi connectivity index (χ1v) is 6.23. The van der Waals surface area contributed by atoms with Crippen LogP contribution in [0.3, 0.4) is 0 Å². The molecule has 0 spiro atoms. The maximum Gasteiger partial charge on any atom is 0.393 e. The summed E-state index contributed by atoms with van der Waals surface area (Å²) in [6.45, 7) is 2.76. The maximum atomic E-state index is 12.7. The fourth-order valence-electron chi connectivity index (χ4n) is 2.39. The predicted molar refractivity (Wildman–Crippen MR) is 65.2 cm³/mol. The highest BCUT2D eigenvalue weighted by Gasteiger charge is 2.41. The summed E-state index contributed by atoms with van der Waals surface area (Å²) >= 11 is 0. The van der Waals surface area contributed by atoms with E-state index >= 15 is 0 Å². The fourth-order valence-corrected chi connectivity index (χ4v) is 2.39. The molecule has 1 unspecified atom stereocenters. The summed E-state index contributed by atoms with van der Waals surface area (Å²) in [5.74, 6) is -0.407. The Bertz CT molecular complexity index is 427. The molecule has 1 fully saturated rings. The largest absolute Gasteiger partial charge is 0.393 e. The van der Waals surface area contributed by atoms with Crippen molar-refractivity contribution in [2.75, 3.05) is 18.8 Å². The molecule has 0 saturated carbocycles. The van der Waals surface area contributed by atoms with Gasteiger partial charge in [0.2, 0.25) is 0 Å². The molecular formula is C12H17F3N4. The summed E-state index contributed by atoms with van der Waals surface area (Å²) in [6.07, 6.45) is -3.37. The number of nitrogens with two attached hydrogens (primary N) is 1. The number of rotatable bonds is 2. The van der Waals surface area contributed by atoms with Crippen LogP contribution in [0.15, 0.2) is 6.07 Å². The number of aromatic nitrogens is 2. The molecule has 0 amide bonds. The van der Waals surface area contributed by atoms with E-state index < -0.39 is 12.1 Å². The van der Waals surface area contributed by atoms with Gasteiger partial charge in [0, 0.05) is 18.3 Å². The van der Waals surface area contributed by atoms with E-state index in [1.165, 1.54) is 0 Å². The fraction of sp³-hybridized carbons (Fsp3) is 0.667. The monoisotopic (exact) mass is 274 g/mol. The number of piperidine rings is 1. The molecule has 1 saturated heterocycles. The Kier molecular flexibility index (Phi) is 3.93. The van der Waals surface area contributed by atoms with Crippen LogP contribution in [0, 0.1) is 12.8 Å². The summed E-state index contributed by atoms with van der Waals surface area (Å²) in [6, 6.07) is 1.64. The van der Waals surface area contributed by atoms with E-state index in [4.69, 9.17) is 5.73 Å². The van der Waals surface area contributed by atoms with Gasteiger partial charge in [-0.1, -0.05) is 0 Å². The molecule has 2 heterocycles. The molecule has 2 rings (SSSR count). The van der Waals surface area contributed by atoms with Crippen LogP contribution in [0.25, 0.3) is 0 Å². The first-order chi connectivity index (χ1) is 8.84. The number of halogens is 3. The van der Waals surface area contributed by atoms with Gasteiger partial charge >= 0.3 is 6.18 Å². The van der Waals surface area contributed by atoms with Crippen molar-refractivity contribution in [2.24, 2.45) is 5.92 Å². The number of nitrogens with zero attached hydrogens (tertiary/aromatic N) is 3. The van der Waals surface area contributed by atoms with Gasteiger partial charge < -0.3 is 5.73 Å². The lowest BCUT2D eigenvalue weighted by Gasteiger charge is -2.33. The van der Waals surface area contributed by atoms with Gasteiger partial charge in [-0.15, -0.1) is 0 Å². The van der Waals surface area contributed by atoms with Crippen molar-refractivity contribution in [1.29, 1.82) is 0 Å². The minimum atomic E-state index is -4.12. The zero-order valence-corrected chi connectivity index (χ0v) is 10.7. The number of anilines is 1. The van der Waals surface area contributed by atoms with E-state index in [1.54, 1.807) is 17.9 Å². The van der Waals surface area contributed by atoms with E-state index in [0.717, 1.165) is 5.69 Å². The average molecular weight is 274 g/mol. The van der Waals surface area contributed by atoms with E-state index in [-0.39, 0.29) is 13.0 Å². The second-order valence-corrected chi connectivity index (χ2v) is 4.97. The molecule has 0 radical (unpaired) electrons. The Morgan fingerprint density at radius 2 is 2.16 bits per heavy atom. The minimum Gasteiger partial charge on any atom is -0.384 e. The molecule has 0 aromatic carbocycles. The molecule has 1 aliphatic rings. The van der Waals surface area contributed by atoms with Crippen LogP contribution in [-0.4, -0.2) is 34.1 Å². The highest BCUT2D eigenvalue weighted by molar-refractivity contribution is 5.29. The van der Waals surface area contributed by atoms with Crippen LogP contribution in [0.4, 0.5) is 19.0 Å². The van der Waals surface area contributed by atoms with Crippen molar-refractivity contribution in [3.05, 3.63) is 17.6 Å². The van der Waals surface area contributed by atoms with Crippen LogP contribution < -0.4 is 5.73 Å². The molecule has 1 aromatic heterocycles. The number of aryl methyl sites for hydroxylation is 1. The molecule has 2 N–H and O–H groups in total. The lowest BCUT2D eigenvalue weighted by Crippen LogP contribution is -2.41. The van der Waals surface area contributed by atoms with Crippen molar-refractivity contribution in [2.45, 2.75) is 32.5 Å². The average Bonchev–Trinajstić information content (AvgIpc) is 2.26.